The first kappa shape index (κ1) is 13.6. The Morgan fingerprint density at radius 1 is 0.950 bits per heavy atom. The van der Waals surface area contributed by atoms with Gasteiger partial charge in [0.25, 0.3) is 0 Å². The van der Waals surface area contributed by atoms with Crippen molar-refractivity contribution in [1.82, 2.24) is 5.32 Å². The van der Waals surface area contributed by atoms with E-state index in [1.54, 1.807) is 19.3 Å². The Labute approximate surface area is 125 Å². The summed E-state index contributed by atoms with van der Waals surface area (Å²) in [6.07, 6.45) is 12.2. The van der Waals surface area contributed by atoms with Gasteiger partial charge in [-0.15, -0.1) is 0 Å². The summed E-state index contributed by atoms with van der Waals surface area (Å²) in [5.74, 6) is 7.68. The van der Waals surface area contributed by atoms with Crippen LogP contribution in [0.5, 0.6) is 0 Å². The van der Waals surface area contributed by atoms with Gasteiger partial charge in [-0.2, -0.15) is 0 Å². The van der Waals surface area contributed by atoms with Gasteiger partial charge in [0.1, 0.15) is 0 Å². The molecule has 4 rings (SSSR count). The zero-order chi connectivity index (χ0) is 13.7. The Morgan fingerprint density at radius 2 is 1.65 bits per heavy atom. The van der Waals surface area contributed by atoms with E-state index in [4.69, 9.17) is 0 Å². The minimum atomic E-state index is 0.878. The monoisotopic (exact) mass is 275 g/mol. The van der Waals surface area contributed by atoms with Crippen molar-refractivity contribution in [3.05, 3.63) is 0 Å². The molecule has 0 aromatic carbocycles. The average Bonchev–Trinajstić information content (AvgIpc) is 2.90. The van der Waals surface area contributed by atoms with Crippen molar-refractivity contribution in [2.24, 2.45) is 41.4 Å². The van der Waals surface area contributed by atoms with E-state index in [-0.39, 0.29) is 0 Å². The van der Waals surface area contributed by atoms with Crippen LogP contribution in [-0.2, 0) is 0 Å². The van der Waals surface area contributed by atoms with Crippen LogP contribution in [0, 0.1) is 41.4 Å². The molecule has 1 heteroatoms. The fourth-order valence-electron chi connectivity index (χ4n) is 6.90. The fraction of sp³-hybridized carbons (Fsp3) is 1.00. The molecule has 0 spiro atoms. The third kappa shape index (κ3) is 1.99. The number of fused-ring (bicyclic) bond motifs is 5. The zero-order valence-corrected chi connectivity index (χ0v) is 13.5. The molecule has 1 nitrogen and oxygen atoms in total. The predicted octanol–water partition coefficient (Wildman–Crippen LogP) is 4.47. The molecule has 0 heterocycles. The molecule has 0 amide bonds. The maximum atomic E-state index is 3.98. The Bertz CT molecular complexity index is 336. The largest absolute Gasteiger partial charge is 0.314 e. The highest BCUT2D eigenvalue weighted by molar-refractivity contribution is 5.16. The molecule has 4 aliphatic carbocycles. The van der Waals surface area contributed by atoms with Crippen LogP contribution < -0.4 is 5.32 Å². The van der Waals surface area contributed by atoms with Crippen LogP contribution in [0.15, 0.2) is 0 Å². The summed E-state index contributed by atoms with van der Waals surface area (Å²) in [6.45, 7) is 5.94. The van der Waals surface area contributed by atoms with Crippen molar-refractivity contribution in [2.75, 3.05) is 6.54 Å². The zero-order valence-electron chi connectivity index (χ0n) is 13.5. The third-order valence-electron chi connectivity index (χ3n) is 7.60. The van der Waals surface area contributed by atoms with E-state index >= 15 is 0 Å². The summed E-state index contributed by atoms with van der Waals surface area (Å²) in [5.41, 5.74) is 0. The molecular weight excluding hydrogens is 242 g/mol. The lowest BCUT2D eigenvalue weighted by Gasteiger charge is -2.38. The van der Waals surface area contributed by atoms with Gasteiger partial charge in [0.2, 0.25) is 0 Å². The molecule has 0 aromatic heterocycles. The van der Waals surface area contributed by atoms with Crippen LogP contribution in [0.2, 0.25) is 0 Å². The lowest BCUT2D eigenvalue weighted by atomic mass is 9.71. The van der Waals surface area contributed by atoms with Gasteiger partial charge in [0.15, 0.2) is 0 Å². The molecule has 0 radical (unpaired) electrons. The van der Waals surface area contributed by atoms with Gasteiger partial charge in [-0.05, 0) is 73.7 Å². The summed E-state index contributed by atoms with van der Waals surface area (Å²) in [4.78, 5) is 0. The maximum Gasteiger partial charge on any atom is 0.0132 e. The molecule has 7 unspecified atom stereocenters. The van der Waals surface area contributed by atoms with Crippen LogP contribution in [0.1, 0.15) is 65.2 Å². The molecule has 0 aliphatic heterocycles. The van der Waals surface area contributed by atoms with Gasteiger partial charge in [-0.1, -0.05) is 39.5 Å². The minimum Gasteiger partial charge on any atom is -0.314 e. The molecule has 0 aromatic rings. The van der Waals surface area contributed by atoms with Crippen molar-refractivity contribution in [3.8, 4) is 0 Å². The van der Waals surface area contributed by atoms with Crippen molar-refractivity contribution >= 4 is 0 Å². The summed E-state index contributed by atoms with van der Waals surface area (Å²) in [6, 6.07) is 0.878. The van der Waals surface area contributed by atoms with E-state index in [0.29, 0.717) is 0 Å². The summed E-state index contributed by atoms with van der Waals surface area (Å²) < 4.78 is 0. The lowest BCUT2D eigenvalue weighted by molar-refractivity contribution is 0.150. The van der Waals surface area contributed by atoms with E-state index in [0.717, 1.165) is 47.5 Å². The molecule has 1 N–H and O–H groups in total. The van der Waals surface area contributed by atoms with Gasteiger partial charge in [0.05, 0.1) is 0 Å². The smallest absolute Gasteiger partial charge is 0.0132 e. The Hall–Kier alpha value is -0.0400. The van der Waals surface area contributed by atoms with E-state index < -0.39 is 0 Å². The first-order valence-corrected chi connectivity index (χ1v) is 9.58. The number of rotatable bonds is 5. The standard InChI is InChI=1S/C19H33N/c1-3-12-7-5-6-8-15(12)19(20-4-2)18-16-13-9-10-14(11-13)17(16)18/h12-20H,3-11H2,1-2H3. The fourth-order valence-corrected chi connectivity index (χ4v) is 6.90. The summed E-state index contributed by atoms with van der Waals surface area (Å²) >= 11 is 0. The van der Waals surface area contributed by atoms with Crippen molar-refractivity contribution in [2.45, 2.75) is 71.3 Å². The second-order valence-electron chi connectivity index (χ2n) is 8.27. The highest BCUT2D eigenvalue weighted by Gasteiger charge is 2.67. The van der Waals surface area contributed by atoms with Crippen LogP contribution in [-0.4, -0.2) is 12.6 Å². The Balaban J connectivity index is 1.50. The minimum absolute atomic E-state index is 0.878. The summed E-state index contributed by atoms with van der Waals surface area (Å²) in [5, 5.41) is 3.98. The van der Waals surface area contributed by atoms with E-state index in [2.05, 4.69) is 19.2 Å². The molecule has 4 saturated carbocycles. The maximum absolute atomic E-state index is 3.98. The van der Waals surface area contributed by atoms with E-state index in [1.807, 2.05) is 0 Å². The molecule has 0 saturated heterocycles. The highest BCUT2D eigenvalue weighted by Crippen LogP contribution is 2.71. The first-order chi connectivity index (χ1) is 9.85. The van der Waals surface area contributed by atoms with Gasteiger partial charge in [-0.3, -0.25) is 0 Å². The first-order valence-electron chi connectivity index (χ1n) is 9.58. The van der Waals surface area contributed by atoms with Crippen molar-refractivity contribution in [3.63, 3.8) is 0 Å². The van der Waals surface area contributed by atoms with Crippen LogP contribution in [0.25, 0.3) is 0 Å². The normalized spacial score (nSPS) is 51.0. The highest BCUT2D eigenvalue weighted by atomic mass is 15.0. The quantitative estimate of drug-likeness (QED) is 0.780. The van der Waals surface area contributed by atoms with Gasteiger partial charge in [-0.25, -0.2) is 0 Å². The van der Waals surface area contributed by atoms with Crippen LogP contribution in [0.3, 0.4) is 0 Å². The second-order valence-corrected chi connectivity index (χ2v) is 8.27. The number of hydrogen-bond acceptors (Lipinski definition) is 1. The molecular formula is C19H33N. The van der Waals surface area contributed by atoms with Crippen molar-refractivity contribution < 1.29 is 0 Å². The average molecular weight is 275 g/mol. The molecule has 4 aliphatic rings. The molecule has 4 fully saturated rings. The van der Waals surface area contributed by atoms with E-state index in [1.165, 1.54) is 38.6 Å². The number of nitrogens with one attached hydrogen (secondary N) is 1. The third-order valence-corrected chi connectivity index (χ3v) is 7.60. The molecule has 2 bridgehead atoms. The molecule has 7 atom stereocenters. The number of hydrogen-bond donors (Lipinski definition) is 1. The Kier molecular flexibility index (Phi) is 3.61. The van der Waals surface area contributed by atoms with Crippen LogP contribution in [0.4, 0.5) is 0 Å². The molecule has 114 valence electrons. The van der Waals surface area contributed by atoms with Crippen LogP contribution >= 0.6 is 0 Å². The SMILES string of the molecule is CCNC(C1CCCCC1CC)C1C2C3CCC(C3)C21. The van der Waals surface area contributed by atoms with Gasteiger partial charge >= 0.3 is 0 Å². The van der Waals surface area contributed by atoms with Crippen molar-refractivity contribution in [1.29, 1.82) is 0 Å². The summed E-state index contributed by atoms with van der Waals surface area (Å²) in [7, 11) is 0. The van der Waals surface area contributed by atoms with Gasteiger partial charge in [0, 0.05) is 6.04 Å². The van der Waals surface area contributed by atoms with Gasteiger partial charge < -0.3 is 5.32 Å². The van der Waals surface area contributed by atoms with E-state index in [9.17, 15) is 0 Å². The predicted molar refractivity (Wildman–Crippen MR) is 84.5 cm³/mol. The second kappa shape index (κ2) is 5.30. The topological polar surface area (TPSA) is 12.0 Å². The Morgan fingerprint density at radius 3 is 2.30 bits per heavy atom. The molecule has 20 heavy (non-hydrogen) atoms. The lowest BCUT2D eigenvalue weighted by Crippen LogP contribution is -2.44.